The van der Waals surface area contributed by atoms with Gasteiger partial charge in [0.1, 0.15) is 5.69 Å². The molecule has 6 nitrogen and oxygen atoms in total. The molecule has 0 bridgehead atoms. The Balaban J connectivity index is 1.61. The number of anilines is 1. The van der Waals surface area contributed by atoms with Gasteiger partial charge in [-0.05, 0) is 25.5 Å². The molecule has 2 aromatic rings. The first-order valence-electron chi connectivity index (χ1n) is 7.37. The number of aromatic amines is 1. The number of likely N-dealkylation sites (tertiary alicyclic amines) is 1. The summed E-state index contributed by atoms with van der Waals surface area (Å²) in [5.74, 6) is 0.0215. The lowest BCUT2D eigenvalue weighted by molar-refractivity contribution is -0.141. The molecule has 0 amide bonds. The summed E-state index contributed by atoms with van der Waals surface area (Å²) in [6, 6.07) is 0.895. The number of nitrogens with one attached hydrogen (secondary N) is 2. The van der Waals surface area contributed by atoms with Crippen LogP contribution in [0.15, 0.2) is 24.8 Å². The Labute approximate surface area is 131 Å². The molecule has 1 saturated heterocycles. The number of hydrogen-bond donors (Lipinski definition) is 2. The summed E-state index contributed by atoms with van der Waals surface area (Å²) in [5, 5.41) is 3.01. The van der Waals surface area contributed by atoms with Gasteiger partial charge in [-0.1, -0.05) is 0 Å². The van der Waals surface area contributed by atoms with Crippen LogP contribution in [0, 0.1) is 0 Å². The molecule has 0 spiro atoms. The highest BCUT2D eigenvalue weighted by atomic mass is 19.4. The number of H-pyrrole nitrogens is 1. The third kappa shape index (κ3) is 4.19. The maximum absolute atomic E-state index is 12.7. The van der Waals surface area contributed by atoms with Crippen LogP contribution in [0.3, 0.4) is 0 Å². The molecule has 0 aliphatic carbocycles. The third-order valence-electron chi connectivity index (χ3n) is 3.73. The second kappa shape index (κ2) is 6.53. The van der Waals surface area contributed by atoms with E-state index in [-0.39, 0.29) is 12.0 Å². The van der Waals surface area contributed by atoms with Gasteiger partial charge in [0, 0.05) is 37.2 Å². The van der Waals surface area contributed by atoms with Gasteiger partial charge >= 0.3 is 6.18 Å². The molecule has 2 N–H and O–H groups in total. The van der Waals surface area contributed by atoms with Crippen LogP contribution in [0.5, 0.6) is 0 Å². The standard InChI is InChI=1S/C14H17F3N6/c15-14(16,17)12-3-4-19-13(22-12)21-10-2-1-5-23(7-10)8-11-6-18-9-20-11/h3-4,6,9-10H,1-2,5,7-8H2,(H,18,20)(H,19,21,22). The quantitative estimate of drug-likeness (QED) is 0.902. The summed E-state index contributed by atoms with van der Waals surface area (Å²) in [5.41, 5.74) is 0.0843. The molecule has 1 fully saturated rings. The molecule has 0 saturated carbocycles. The van der Waals surface area contributed by atoms with E-state index in [9.17, 15) is 13.2 Å². The van der Waals surface area contributed by atoms with Crippen LogP contribution in [0.2, 0.25) is 0 Å². The van der Waals surface area contributed by atoms with E-state index in [0.717, 1.165) is 50.4 Å². The Morgan fingerprint density at radius 3 is 3.00 bits per heavy atom. The zero-order valence-corrected chi connectivity index (χ0v) is 12.3. The fourth-order valence-corrected chi connectivity index (χ4v) is 2.70. The number of rotatable bonds is 4. The maximum Gasteiger partial charge on any atom is 0.433 e. The van der Waals surface area contributed by atoms with E-state index in [1.807, 2.05) is 0 Å². The summed E-state index contributed by atoms with van der Waals surface area (Å²) >= 11 is 0. The van der Waals surface area contributed by atoms with Crippen molar-refractivity contribution in [3.05, 3.63) is 36.2 Å². The van der Waals surface area contributed by atoms with E-state index in [4.69, 9.17) is 0 Å². The summed E-state index contributed by atoms with van der Waals surface area (Å²) < 4.78 is 38.1. The monoisotopic (exact) mass is 326 g/mol. The molecular formula is C14H17F3N6. The lowest BCUT2D eigenvalue weighted by Gasteiger charge is -2.32. The van der Waals surface area contributed by atoms with Crippen LogP contribution in [-0.2, 0) is 12.7 Å². The van der Waals surface area contributed by atoms with Crippen LogP contribution < -0.4 is 5.32 Å². The highest BCUT2D eigenvalue weighted by molar-refractivity contribution is 5.28. The fourth-order valence-electron chi connectivity index (χ4n) is 2.70. The van der Waals surface area contributed by atoms with E-state index < -0.39 is 11.9 Å². The van der Waals surface area contributed by atoms with E-state index in [2.05, 4.69) is 30.2 Å². The Kier molecular flexibility index (Phi) is 4.46. The minimum absolute atomic E-state index is 0.0215. The van der Waals surface area contributed by atoms with E-state index >= 15 is 0 Å². The normalized spacial score (nSPS) is 19.7. The zero-order chi connectivity index (χ0) is 16.3. The Bertz CT molecular complexity index is 628. The number of imidazole rings is 1. The molecule has 2 aromatic heterocycles. The average Bonchev–Trinajstić information content (AvgIpc) is 3.00. The Morgan fingerprint density at radius 2 is 2.26 bits per heavy atom. The van der Waals surface area contributed by atoms with Gasteiger partial charge in [0.25, 0.3) is 0 Å². The third-order valence-corrected chi connectivity index (χ3v) is 3.73. The van der Waals surface area contributed by atoms with Crippen LogP contribution in [0.4, 0.5) is 19.1 Å². The second-order valence-corrected chi connectivity index (χ2v) is 5.56. The van der Waals surface area contributed by atoms with E-state index in [0.29, 0.717) is 0 Å². The molecule has 9 heteroatoms. The van der Waals surface area contributed by atoms with Crippen molar-refractivity contribution in [1.82, 2.24) is 24.8 Å². The van der Waals surface area contributed by atoms with Crippen molar-refractivity contribution < 1.29 is 13.2 Å². The number of nitrogens with zero attached hydrogens (tertiary/aromatic N) is 4. The zero-order valence-electron chi connectivity index (χ0n) is 12.3. The molecule has 124 valence electrons. The Hall–Kier alpha value is -2.16. The molecule has 0 aromatic carbocycles. The van der Waals surface area contributed by atoms with Crippen LogP contribution in [0.25, 0.3) is 0 Å². The van der Waals surface area contributed by atoms with Crippen LogP contribution in [-0.4, -0.2) is 44.0 Å². The van der Waals surface area contributed by atoms with Crippen molar-refractivity contribution in [3.8, 4) is 0 Å². The molecule has 3 rings (SSSR count). The number of alkyl halides is 3. The predicted octanol–water partition coefficient (Wildman–Crippen LogP) is 2.29. The van der Waals surface area contributed by atoms with Gasteiger partial charge in [-0.25, -0.2) is 15.0 Å². The van der Waals surface area contributed by atoms with Crippen molar-refractivity contribution in [1.29, 1.82) is 0 Å². The molecular weight excluding hydrogens is 309 g/mol. The van der Waals surface area contributed by atoms with Crippen LogP contribution in [0.1, 0.15) is 24.2 Å². The molecule has 1 unspecified atom stereocenters. The molecule has 1 aliphatic heterocycles. The first-order chi connectivity index (χ1) is 11.0. The smallest absolute Gasteiger partial charge is 0.350 e. The molecule has 0 radical (unpaired) electrons. The molecule has 1 aliphatic rings. The predicted molar refractivity (Wildman–Crippen MR) is 77.5 cm³/mol. The first kappa shape index (κ1) is 15.7. The number of piperidine rings is 1. The van der Waals surface area contributed by atoms with Gasteiger partial charge in [0.15, 0.2) is 0 Å². The van der Waals surface area contributed by atoms with E-state index in [1.54, 1.807) is 12.5 Å². The van der Waals surface area contributed by atoms with Gasteiger partial charge < -0.3 is 10.3 Å². The lowest BCUT2D eigenvalue weighted by Crippen LogP contribution is -2.42. The van der Waals surface area contributed by atoms with Crippen molar-refractivity contribution in [2.45, 2.75) is 31.6 Å². The van der Waals surface area contributed by atoms with Gasteiger partial charge in [0.2, 0.25) is 5.95 Å². The minimum Gasteiger partial charge on any atom is -0.350 e. The highest BCUT2D eigenvalue weighted by Gasteiger charge is 2.33. The van der Waals surface area contributed by atoms with Crippen molar-refractivity contribution >= 4 is 5.95 Å². The fraction of sp³-hybridized carbons (Fsp3) is 0.500. The van der Waals surface area contributed by atoms with Crippen molar-refractivity contribution in [2.75, 3.05) is 18.4 Å². The molecule has 1 atom stereocenters. The largest absolute Gasteiger partial charge is 0.433 e. The van der Waals surface area contributed by atoms with E-state index in [1.165, 1.54) is 0 Å². The number of aromatic nitrogens is 4. The highest BCUT2D eigenvalue weighted by Crippen LogP contribution is 2.27. The van der Waals surface area contributed by atoms with Gasteiger partial charge in [0.05, 0.1) is 6.33 Å². The second-order valence-electron chi connectivity index (χ2n) is 5.56. The summed E-state index contributed by atoms with van der Waals surface area (Å²) in [4.78, 5) is 16.7. The minimum atomic E-state index is -4.46. The van der Waals surface area contributed by atoms with Gasteiger partial charge in [-0.2, -0.15) is 13.2 Å². The van der Waals surface area contributed by atoms with Gasteiger partial charge in [-0.3, -0.25) is 4.90 Å². The maximum atomic E-state index is 12.7. The topological polar surface area (TPSA) is 69.7 Å². The molecule has 23 heavy (non-hydrogen) atoms. The first-order valence-corrected chi connectivity index (χ1v) is 7.37. The van der Waals surface area contributed by atoms with Gasteiger partial charge in [-0.15, -0.1) is 0 Å². The molecule has 3 heterocycles. The Morgan fingerprint density at radius 1 is 1.39 bits per heavy atom. The van der Waals surface area contributed by atoms with Crippen LogP contribution >= 0.6 is 0 Å². The van der Waals surface area contributed by atoms with Crippen molar-refractivity contribution in [2.24, 2.45) is 0 Å². The number of halogens is 3. The number of hydrogen-bond acceptors (Lipinski definition) is 5. The summed E-state index contributed by atoms with van der Waals surface area (Å²) in [6.07, 6.45) is 1.91. The summed E-state index contributed by atoms with van der Waals surface area (Å²) in [6.45, 7) is 2.40. The SMILES string of the molecule is FC(F)(F)c1ccnc(NC2CCCN(Cc3cnc[nH]3)C2)n1. The van der Waals surface area contributed by atoms with Crippen molar-refractivity contribution in [3.63, 3.8) is 0 Å². The summed E-state index contributed by atoms with van der Waals surface area (Å²) in [7, 11) is 0. The lowest BCUT2D eigenvalue weighted by atomic mass is 10.1. The average molecular weight is 326 g/mol.